The van der Waals surface area contributed by atoms with Gasteiger partial charge in [0.05, 0.1) is 13.7 Å². The largest absolute Gasteiger partial charge is 0.496 e. The summed E-state index contributed by atoms with van der Waals surface area (Å²) in [6.45, 7) is 0.634. The van der Waals surface area contributed by atoms with Crippen LogP contribution in [-0.4, -0.2) is 23.2 Å². The zero-order chi connectivity index (χ0) is 11.4. The van der Waals surface area contributed by atoms with Crippen LogP contribution in [0.3, 0.4) is 0 Å². The summed E-state index contributed by atoms with van der Waals surface area (Å²) in [5.41, 5.74) is 1.61. The lowest BCUT2D eigenvalue weighted by atomic mass is 10.1. The average molecular weight is 216 g/mol. The van der Waals surface area contributed by atoms with Crippen LogP contribution in [0.1, 0.15) is 15.9 Å². The first-order valence-corrected chi connectivity index (χ1v) is 4.93. The van der Waals surface area contributed by atoms with E-state index in [9.17, 15) is 4.79 Å². The zero-order valence-corrected chi connectivity index (χ0v) is 8.96. The van der Waals surface area contributed by atoms with Crippen LogP contribution in [-0.2, 0) is 6.54 Å². The van der Waals surface area contributed by atoms with Gasteiger partial charge >= 0.3 is 0 Å². The number of carbonyl (C=O) groups is 1. The van der Waals surface area contributed by atoms with Gasteiger partial charge in [-0.25, -0.2) is 0 Å². The minimum Gasteiger partial charge on any atom is -0.496 e. The molecule has 0 N–H and O–H groups in total. The van der Waals surface area contributed by atoms with Gasteiger partial charge in [0.25, 0.3) is 0 Å². The van der Waals surface area contributed by atoms with Crippen LogP contribution in [0.5, 0.6) is 5.75 Å². The Balaban J connectivity index is 2.30. The summed E-state index contributed by atoms with van der Waals surface area (Å²) in [7, 11) is 1.59. The van der Waals surface area contributed by atoms with Crippen molar-refractivity contribution in [3.8, 4) is 5.75 Å². The van der Waals surface area contributed by atoms with Gasteiger partial charge in [0.15, 0.2) is 0 Å². The SMILES string of the molecule is COc1cc(C=O)ccc1Cn1cccn1. The van der Waals surface area contributed by atoms with Crippen LogP contribution in [0.15, 0.2) is 36.7 Å². The minimum atomic E-state index is 0.612. The van der Waals surface area contributed by atoms with Crippen LogP contribution in [0, 0.1) is 0 Å². The smallest absolute Gasteiger partial charge is 0.150 e. The van der Waals surface area contributed by atoms with E-state index >= 15 is 0 Å². The Morgan fingerprint density at radius 1 is 1.50 bits per heavy atom. The highest BCUT2D eigenvalue weighted by Crippen LogP contribution is 2.20. The van der Waals surface area contributed by atoms with Gasteiger partial charge in [0.2, 0.25) is 0 Å². The van der Waals surface area contributed by atoms with E-state index in [-0.39, 0.29) is 0 Å². The summed E-state index contributed by atoms with van der Waals surface area (Å²) < 4.78 is 7.04. The van der Waals surface area contributed by atoms with Crippen molar-refractivity contribution >= 4 is 6.29 Å². The number of hydrogen-bond acceptors (Lipinski definition) is 3. The van der Waals surface area contributed by atoms with E-state index in [1.807, 2.05) is 18.3 Å². The molecule has 1 heterocycles. The van der Waals surface area contributed by atoms with E-state index in [0.717, 1.165) is 11.8 Å². The lowest BCUT2D eigenvalue weighted by Gasteiger charge is -2.08. The molecule has 0 amide bonds. The lowest BCUT2D eigenvalue weighted by Crippen LogP contribution is -2.02. The summed E-state index contributed by atoms with van der Waals surface area (Å²) in [4.78, 5) is 10.6. The Morgan fingerprint density at radius 3 is 3.00 bits per heavy atom. The molecule has 0 spiro atoms. The number of nitrogens with zero attached hydrogens (tertiary/aromatic N) is 2. The minimum absolute atomic E-state index is 0.612. The third-order valence-electron chi connectivity index (χ3n) is 2.34. The van der Waals surface area contributed by atoms with Gasteiger partial charge in [-0.1, -0.05) is 12.1 Å². The third-order valence-corrected chi connectivity index (χ3v) is 2.34. The van der Waals surface area contributed by atoms with Crippen molar-refractivity contribution in [2.75, 3.05) is 7.11 Å². The van der Waals surface area contributed by atoms with E-state index in [4.69, 9.17) is 4.74 Å². The van der Waals surface area contributed by atoms with Crippen molar-refractivity contribution in [1.29, 1.82) is 0 Å². The molecule has 4 heteroatoms. The molecule has 0 fully saturated rings. The lowest BCUT2D eigenvalue weighted by molar-refractivity contribution is 0.112. The molecule has 0 saturated carbocycles. The average Bonchev–Trinajstić information content (AvgIpc) is 2.82. The van der Waals surface area contributed by atoms with Crippen LogP contribution in [0.4, 0.5) is 0 Å². The van der Waals surface area contributed by atoms with Crippen LogP contribution in [0.2, 0.25) is 0 Å². The number of carbonyl (C=O) groups excluding carboxylic acids is 1. The number of methoxy groups -OCH3 is 1. The maximum atomic E-state index is 10.6. The van der Waals surface area contributed by atoms with Crippen LogP contribution in [0.25, 0.3) is 0 Å². The molecule has 82 valence electrons. The molecule has 0 aliphatic carbocycles. The van der Waals surface area contributed by atoms with Crippen molar-refractivity contribution in [3.05, 3.63) is 47.8 Å². The molecule has 2 rings (SSSR count). The van der Waals surface area contributed by atoms with Crippen LogP contribution >= 0.6 is 0 Å². The summed E-state index contributed by atoms with van der Waals surface area (Å²) in [5, 5.41) is 4.12. The molecule has 0 aliphatic heterocycles. The molecule has 0 saturated heterocycles. The summed E-state index contributed by atoms with van der Waals surface area (Å²) in [6.07, 6.45) is 4.42. The highest BCUT2D eigenvalue weighted by atomic mass is 16.5. The summed E-state index contributed by atoms with van der Waals surface area (Å²) >= 11 is 0. The second-order valence-corrected chi connectivity index (χ2v) is 3.39. The number of hydrogen-bond donors (Lipinski definition) is 0. The second-order valence-electron chi connectivity index (χ2n) is 3.39. The van der Waals surface area contributed by atoms with E-state index in [1.165, 1.54) is 0 Å². The zero-order valence-electron chi connectivity index (χ0n) is 8.96. The maximum absolute atomic E-state index is 10.6. The summed E-state index contributed by atoms with van der Waals surface area (Å²) in [6, 6.07) is 7.25. The molecule has 0 atom stereocenters. The first kappa shape index (κ1) is 10.4. The van der Waals surface area contributed by atoms with Gasteiger partial charge in [-0.05, 0) is 12.1 Å². The van der Waals surface area contributed by atoms with Gasteiger partial charge < -0.3 is 4.74 Å². The molecule has 2 aromatic rings. The number of aldehydes is 1. The van der Waals surface area contributed by atoms with E-state index in [0.29, 0.717) is 17.9 Å². The quantitative estimate of drug-likeness (QED) is 0.731. The Labute approximate surface area is 93.5 Å². The topological polar surface area (TPSA) is 44.1 Å². The van der Waals surface area contributed by atoms with Gasteiger partial charge in [0.1, 0.15) is 12.0 Å². The molecule has 16 heavy (non-hydrogen) atoms. The van der Waals surface area contributed by atoms with Gasteiger partial charge in [-0.2, -0.15) is 5.10 Å². The normalized spacial score (nSPS) is 10.1. The fourth-order valence-electron chi connectivity index (χ4n) is 1.53. The highest BCUT2D eigenvalue weighted by Gasteiger charge is 2.04. The Bertz CT molecular complexity index is 478. The second kappa shape index (κ2) is 4.61. The van der Waals surface area contributed by atoms with Crippen molar-refractivity contribution in [1.82, 2.24) is 9.78 Å². The van der Waals surface area contributed by atoms with Crippen LogP contribution < -0.4 is 4.74 Å². The van der Waals surface area contributed by atoms with Gasteiger partial charge in [-0.3, -0.25) is 9.48 Å². The predicted octanol–water partition coefficient (Wildman–Crippen LogP) is 1.75. The molecule has 0 radical (unpaired) electrons. The molecule has 0 unspecified atom stereocenters. The first-order valence-electron chi connectivity index (χ1n) is 4.93. The fourth-order valence-corrected chi connectivity index (χ4v) is 1.53. The Hall–Kier alpha value is -2.10. The maximum Gasteiger partial charge on any atom is 0.150 e. The molecular formula is C12H12N2O2. The molecule has 1 aromatic heterocycles. The summed E-state index contributed by atoms with van der Waals surface area (Å²) in [5.74, 6) is 0.708. The monoisotopic (exact) mass is 216 g/mol. The number of aromatic nitrogens is 2. The number of rotatable bonds is 4. The van der Waals surface area contributed by atoms with Gasteiger partial charge in [0, 0.05) is 23.5 Å². The van der Waals surface area contributed by atoms with E-state index < -0.39 is 0 Å². The van der Waals surface area contributed by atoms with Crippen molar-refractivity contribution in [2.45, 2.75) is 6.54 Å². The van der Waals surface area contributed by atoms with Crippen molar-refractivity contribution in [2.24, 2.45) is 0 Å². The molecular weight excluding hydrogens is 204 g/mol. The molecule has 4 nitrogen and oxygen atoms in total. The Morgan fingerprint density at radius 2 is 2.38 bits per heavy atom. The fraction of sp³-hybridized carbons (Fsp3) is 0.167. The molecule has 0 aliphatic rings. The molecule has 1 aromatic carbocycles. The highest BCUT2D eigenvalue weighted by molar-refractivity contribution is 5.75. The van der Waals surface area contributed by atoms with Crippen molar-refractivity contribution < 1.29 is 9.53 Å². The van der Waals surface area contributed by atoms with Crippen molar-refractivity contribution in [3.63, 3.8) is 0 Å². The Kier molecular flexibility index (Phi) is 3.00. The third kappa shape index (κ3) is 2.11. The first-order chi connectivity index (χ1) is 7.83. The number of benzene rings is 1. The van der Waals surface area contributed by atoms with Gasteiger partial charge in [-0.15, -0.1) is 0 Å². The molecule has 0 bridgehead atoms. The standard InChI is InChI=1S/C12H12N2O2/c1-16-12-7-10(9-15)3-4-11(12)8-14-6-2-5-13-14/h2-7,9H,8H2,1H3. The predicted molar refractivity (Wildman–Crippen MR) is 59.7 cm³/mol. The van der Waals surface area contributed by atoms with E-state index in [1.54, 1.807) is 30.1 Å². The van der Waals surface area contributed by atoms with E-state index in [2.05, 4.69) is 5.10 Å². The number of ether oxygens (including phenoxy) is 1.